The van der Waals surface area contributed by atoms with Crippen molar-refractivity contribution in [1.29, 1.82) is 0 Å². The summed E-state index contributed by atoms with van der Waals surface area (Å²) in [7, 11) is 1.50. The first kappa shape index (κ1) is 18.6. The molecule has 0 saturated heterocycles. The van der Waals surface area contributed by atoms with Gasteiger partial charge in [-0.1, -0.05) is 23.2 Å². The van der Waals surface area contributed by atoms with Crippen molar-refractivity contribution in [3.8, 4) is 17.3 Å². The molecule has 0 saturated carbocycles. The monoisotopic (exact) mass is 418 g/mol. The summed E-state index contributed by atoms with van der Waals surface area (Å²) in [5.41, 5.74) is 2.51. The fraction of sp³-hybridized carbons (Fsp3) is 0.211. The molecule has 1 aliphatic heterocycles. The molecule has 28 heavy (non-hydrogen) atoms. The van der Waals surface area contributed by atoms with Gasteiger partial charge >= 0.3 is 0 Å². The molecule has 4 rings (SSSR count). The minimum absolute atomic E-state index is 0.221. The van der Waals surface area contributed by atoms with Crippen LogP contribution in [0.15, 0.2) is 36.8 Å². The Morgan fingerprint density at radius 2 is 2.18 bits per heavy atom. The Bertz CT molecular complexity index is 1070. The second-order valence-corrected chi connectivity index (χ2v) is 7.13. The van der Waals surface area contributed by atoms with E-state index in [1.165, 1.54) is 7.11 Å². The van der Waals surface area contributed by atoms with Crippen molar-refractivity contribution in [2.75, 3.05) is 13.7 Å². The molecule has 3 aromatic rings. The molecule has 144 valence electrons. The van der Waals surface area contributed by atoms with Crippen LogP contribution in [0.1, 0.15) is 27.8 Å². The molecule has 0 spiro atoms. The van der Waals surface area contributed by atoms with Gasteiger partial charge in [-0.3, -0.25) is 4.79 Å². The molecule has 1 aliphatic rings. The lowest BCUT2D eigenvalue weighted by molar-refractivity contribution is 0.0924. The molecule has 1 amide bonds. The number of ether oxygens (including phenoxy) is 2. The van der Waals surface area contributed by atoms with Crippen LogP contribution in [0.2, 0.25) is 10.0 Å². The van der Waals surface area contributed by atoms with Crippen LogP contribution in [-0.4, -0.2) is 34.2 Å². The molecule has 3 heterocycles. The van der Waals surface area contributed by atoms with Gasteiger partial charge < -0.3 is 19.4 Å². The second-order valence-electron chi connectivity index (χ2n) is 6.29. The quantitative estimate of drug-likeness (QED) is 0.697. The van der Waals surface area contributed by atoms with E-state index in [1.54, 1.807) is 35.2 Å². The molecule has 1 aromatic carbocycles. The Labute approximate surface area is 171 Å². The summed E-state index contributed by atoms with van der Waals surface area (Å²) in [4.78, 5) is 21.3. The maximum Gasteiger partial charge on any atom is 0.270 e. The number of hydrogen-bond acceptors (Lipinski definition) is 5. The number of nitrogens with one attached hydrogen (secondary N) is 1. The van der Waals surface area contributed by atoms with Crippen LogP contribution >= 0.6 is 23.2 Å². The molecular formula is C19H16Cl2N4O3. The van der Waals surface area contributed by atoms with Crippen molar-refractivity contribution in [3.05, 3.63) is 63.8 Å². The van der Waals surface area contributed by atoms with Gasteiger partial charge in [0.05, 0.1) is 30.2 Å². The maximum absolute atomic E-state index is 12.7. The number of halogens is 2. The Morgan fingerprint density at radius 1 is 1.36 bits per heavy atom. The molecule has 9 heteroatoms. The van der Waals surface area contributed by atoms with E-state index in [1.807, 2.05) is 13.1 Å². The van der Waals surface area contributed by atoms with Crippen LogP contribution in [0.3, 0.4) is 0 Å². The number of imidazole rings is 1. The SMILES string of the molecule is COc1nc(C(=O)N[C@H]2COc3c(Cl)cc(Cl)cc32)ccc1-n1cnc(C)c1. The Kier molecular flexibility index (Phi) is 4.87. The predicted octanol–water partition coefficient (Wildman–Crippen LogP) is 3.75. The van der Waals surface area contributed by atoms with Crippen molar-refractivity contribution < 1.29 is 14.3 Å². The molecule has 7 nitrogen and oxygen atoms in total. The number of carbonyl (C=O) groups is 1. The van der Waals surface area contributed by atoms with Gasteiger partial charge in [-0.15, -0.1) is 0 Å². The van der Waals surface area contributed by atoms with Crippen LogP contribution in [0, 0.1) is 6.92 Å². The molecule has 0 unspecified atom stereocenters. The predicted molar refractivity (Wildman–Crippen MR) is 105 cm³/mol. The number of nitrogens with zero attached hydrogens (tertiary/aromatic N) is 3. The topological polar surface area (TPSA) is 78.3 Å². The van der Waals surface area contributed by atoms with Crippen molar-refractivity contribution in [1.82, 2.24) is 19.9 Å². The highest BCUT2D eigenvalue weighted by Crippen LogP contribution is 2.40. The van der Waals surface area contributed by atoms with Gasteiger partial charge in [-0.2, -0.15) is 0 Å². The number of hydrogen-bond donors (Lipinski definition) is 1. The highest BCUT2D eigenvalue weighted by Gasteiger charge is 2.29. The number of benzene rings is 1. The Balaban J connectivity index is 1.58. The summed E-state index contributed by atoms with van der Waals surface area (Å²) >= 11 is 12.2. The maximum atomic E-state index is 12.7. The molecule has 0 radical (unpaired) electrons. The molecule has 0 fully saturated rings. The van der Waals surface area contributed by atoms with Crippen molar-refractivity contribution in [2.45, 2.75) is 13.0 Å². The lowest BCUT2D eigenvalue weighted by Crippen LogP contribution is -2.30. The van der Waals surface area contributed by atoms with Crippen molar-refractivity contribution in [3.63, 3.8) is 0 Å². The molecule has 0 aliphatic carbocycles. The third kappa shape index (κ3) is 3.39. The smallest absolute Gasteiger partial charge is 0.270 e. The number of pyridine rings is 1. The van der Waals surface area contributed by atoms with E-state index in [0.717, 1.165) is 11.3 Å². The van der Waals surface area contributed by atoms with Crippen molar-refractivity contribution in [2.24, 2.45) is 0 Å². The fourth-order valence-electron chi connectivity index (χ4n) is 3.06. The summed E-state index contributed by atoms with van der Waals surface area (Å²) in [6.45, 7) is 2.16. The summed E-state index contributed by atoms with van der Waals surface area (Å²) in [5.74, 6) is 0.496. The van der Waals surface area contributed by atoms with E-state index in [-0.39, 0.29) is 24.2 Å². The van der Waals surface area contributed by atoms with Gasteiger partial charge in [-0.25, -0.2) is 9.97 Å². The van der Waals surface area contributed by atoms with E-state index < -0.39 is 0 Å². The third-order valence-corrected chi connectivity index (χ3v) is 4.87. The van der Waals surface area contributed by atoms with E-state index >= 15 is 0 Å². The zero-order valence-corrected chi connectivity index (χ0v) is 16.6. The van der Waals surface area contributed by atoms with E-state index in [0.29, 0.717) is 27.4 Å². The first-order chi connectivity index (χ1) is 13.5. The van der Waals surface area contributed by atoms with Gasteiger partial charge in [0.25, 0.3) is 5.91 Å². The number of amides is 1. The first-order valence-electron chi connectivity index (χ1n) is 8.45. The normalized spacial score (nSPS) is 15.1. The summed E-state index contributed by atoms with van der Waals surface area (Å²) in [6.07, 6.45) is 3.51. The summed E-state index contributed by atoms with van der Waals surface area (Å²) in [5, 5.41) is 3.80. The molecular weight excluding hydrogens is 403 g/mol. The molecule has 2 aromatic heterocycles. The lowest BCUT2D eigenvalue weighted by atomic mass is 10.1. The van der Waals surface area contributed by atoms with E-state index in [4.69, 9.17) is 32.7 Å². The summed E-state index contributed by atoms with van der Waals surface area (Å²) < 4.78 is 12.7. The minimum atomic E-state index is -0.373. The number of carbonyl (C=O) groups excluding carboxylic acids is 1. The van der Waals surface area contributed by atoms with Crippen LogP contribution in [0.5, 0.6) is 11.6 Å². The van der Waals surface area contributed by atoms with Gasteiger partial charge in [-0.05, 0) is 31.2 Å². The number of aryl methyl sites for hydroxylation is 1. The van der Waals surface area contributed by atoms with Crippen LogP contribution in [0.25, 0.3) is 5.69 Å². The fourth-order valence-corrected chi connectivity index (χ4v) is 3.62. The van der Waals surface area contributed by atoms with Gasteiger partial charge in [0, 0.05) is 16.8 Å². The average Bonchev–Trinajstić information content (AvgIpc) is 3.28. The highest BCUT2D eigenvalue weighted by molar-refractivity contribution is 6.35. The van der Waals surface area contributed by atoms with Gasteiger partial charge in [0.15, 0.2) is 0 Å². The standard InChI is InChI=1S/C19H16Cl2N4O3/c1-10-7-25(9-22-10)16-4-3-14(24-19(16)27-2)18(26)23-15-8-28-17-12(15)5-11(20)6-13(17)21/h3-7,9,15H,8H2,1-2H3,(H,23,26)/t15-/m0/s1. The van der Waals surface area contributed by atoms with Crippen LogP contribution in [0.4, 0.5) is 0 Å². The number of fused-ring (bicyclic) bond motifs is 1. The van der Waals surface area contributed by atoms with E-state index in [2.05, 4.69) is 15.3 Å². The number of rotatable bonds is 4. The lowest BCUT2D eigenvalue weighted by Gasteiger charge is -2.13. The minimum Gasteiger partial charge on any atom is -0.489 e. The molecule has 1 atom stereocenters. The van der Waals surface area contributed by atoms with Crippen molar-refractivity contribution >= 4 is 29.1 Å². The van der Waals surface area contributed by atoms with Gasteiger partial charge in [0.1, 0.15) is 23.7 Å². The zero-order chi connectivity index (χ0) is 19.8. The number of methoxy groups -OCH3 is 1. The Morgan fingerprint density at radius 3 is 2.89 bits per heavy atom. The Hall–Kier alpha value is -2.77. The first-order valence-corrected chi connectivity index (χ1v) is 9.20. The number of aromatic nitrogens is 3. The summed E-state index contributed by atoms with van der Waals surface area (Å²) in [6, 6.07) is 6.36. The van der Waals surface area contributed by atoms with Gasteiger partial charge in [0.2, 0.25) is 5.88 Å². The highest BCUT2D eigenvalue weighted by atomic mass is 35.5. The zero-order valence-electron chi connectivity index (χ0n) is 15.1. The third-order valence-electron chi connectivity index (χ3n) is 4.37. The van der Waals surface area contributed by atoms with Crippen LogP contribution < -0.4 is 14.8 Å². The average molecular weight is 419 g/mol. The molecule has 1 N–H and O–H groups in total. The molecule has 0 bridgehead atoms. The van der Waals surface area contributed by atoms with Crippen LogP contribution in [-0.2, 0) is 0 Å². The second kappa shape index (κ2) is 7.33. The largest absolute Gasteiger partial charge is 0.489 e. The van der Waals surface area contributed by atoms with E-state index in [9.17, 15) is 4.79 Å².